The maximum Gasteiger partial charge on any atom is 0.336 e. The van der Waals surface area contributed by atoms with Crippen molar-refractivity contribution in [2.24, 2.45) is 0 Å². The molecule has 20 heavy (non-hydrogen) atoms. The Hall–Kier alpha value is -2.15. The van der Waals surface area contributed by atoms with Gasteiger partial charge in [0, 0.05) is 18.7 Å². The minimum atomic E-state index is -1.22. The predicted octanol–water partition coefficient (Wildman–Crippen LogP) is 2.65. The van der Waals surface area contributed by atoms with E-state index in [0.717, 1.165) is 6.07 Å². The molecule has 0 aliphatic heterocycles. The van der Waals surface area contributed by atoms with Crippen molar-refractivity contribution in [2.75, 3.05) is 12.4 Å². The van der Waals surface area contributed by atoms with E-state index in [-0.39, 0.29) is 29.1 Å². The summed E-state index contributed by atoms with van der Waals surface area (Å²) >= 11 is 0. The number of nitrogens with zero attached hydrogens (tertiary/aromatic N) is 1. The SMILES string of the molecule is COCc1cc(NC(C)(C)C)c([N+](=O)[O-])cc1C(=O)O. The first-order chi connectivity index (χ1) is 9.15. The normalized spacial score (nSPS) is 11.2. The Morgan fingerprint density at radius 2 is 2.05 bits per heavy atom. The van der Waals surface area contributed by atoms with Gasteiger partial charge in [-0.3, -0.25) is 10.1 Å². The van der Waals surface area contributed by atoms with Gasteiger partial charge in [-0.25, -0.2) is 4.79 Å². The number of carbonyl (C=O) groups is 1. The average Bonchev–Trinajstić information content (AvgIpc) is 2.26. The Balaban J connectivity index is 3.44. The van der Waals surface area contributed by atoms with Crippen molar-refractivity contribution < 1.29 is 19.6 Å². The number of aromatic carboxylic acids is 1. The average molecular weight is 282 g/mol. The van der Waals surface area contributed by atoms with Crippen molar-refractivity contribution in [3.8, 4) is 0 Å². The fourth-order valence-corrected chi connectivity index (χ4v) is 1.76. The quantitative estimate of drug-likeness (QED) is 0.636. The zero-order valence-corrected chi connectivity index (χ0v) is 11.9. The molecule has 0 saturated heterocycles. The molecule has 0 amide bonds. The van der Waals surface area contributed by atoms with Crippen LogP contribution in [0.5, 0.6) is 0 Å². The Bertz CT molecular complexity index is 534. The summed E-state index contributed by atoms with van der Waals surface area (Å²) in [5.41, 5.74) is -0.119. The van der Waals surface area contributed by atoms with E-state index in [4.69, 9.17) is 9.84 Å². The molecule has 1 rings (SSSR count). The molecule has 0 radical (unpaired) electrons. The second kappa shape index (κ2) is 5.87. The molecule has 0 saturated carbocycles. The Morgan fingerprint density at radius 1 is 1.45 bits per heavy atom. The molecule has 7 heteroatoms. The van der Waals surface area contributed by atoms with E-state index in [0.29, 0.717) is 5.56 Å². The van der Waals surface area contributed by atoms with Crippen molar-refractivity contribution in [2.45, 2.75) is 32.9 Å². The minimum Gasteiger partial charge on any atom is -0.478 e. The van der Waals surface area contributed by atoms with Crippen molar-refractivity contribution in [3.05, 3.63) is 33.4 Å². The summed E-state index contributed by atoms with van der Waals surface area (Å²) in [7, 11) is 1.43. The molecule has 0 aliphatic rings. The fraction of sp³-hybridized carbons (Fsp3) is 0.462. The van der Waals surface area contributed by atoms with E-state index in [1.807, 2.05) is 20.8 Å². The molecule has 1 aromatic rings. The molecule has 1 aromatic carbocycles. The number of hydrogen-bond acceptors (Lipinski definition) is 5. The number of hydrogen-bond donors (Lipinski definition) is 2. The van der Waals surface area contributed by atoms with Crippen LogP contribution in [0.2, 0.25) is 0 Å². The van der Waals surface area contributed by atoms with E-state index in [1.165, 1.54) is 13.2 Å². The van der Waals surface area contributed by atoms with Crippen LogP contribution in [0.25, 0.3) is 0 Å². The maximum absolute atomic E-state index is 11.2. The van der Waals surface area contributed by atoms with E-state index in [1.54, 1.807) is 0 Å². The van der Waals surface area contributed by atoms with Gasteiger partial charge in [0.05, 0.1) is 17.1 Å². The molecule has 0 spiro atoms. The summed E-state index contributed by atoms with van der Waals surface area (Å²) in [6.07, 6.45) is 0. The monoisotopic (exact) mass is 282 g/mol. The number of benzene rings is 1. The number of carboxylic acids is 1. The van der Waals surface area contributed by atoms with Gasteiger partial charge in [0.15, 0.2) is 0 Å². The molecule has 0 fully saturated rings. The summed E-state index contributed by atoms with van der Waals surface area (Å²) < 4.78 is 4.94. The van der Waals surface area contributed by atoms with Crippen LogP contribution in [0.3, 0.4) is 0 Å². The maximum atomic E-state index is 11.2. The molecular formula is C13H18N2O5. The number of nitro benzene ring substituents is 1. The van der Waals surface area contributed by atoms with E-state index < -0.39 is 10.9 Å². The van der Waals surface area contributed by atoms with Crippen LogP contribution in [0.1, 0.15) is 36.7 Å². The van der Waals surface area contributed by atoms with Crippen LogP contribution in [0, 0.1) is 10.1 Å². The predicted molar refractivity (Wildman–Crippen MR) is 74.1 cm³/mol. The third kappa shape index (κ3) is 3.92. The standard InChI is InChI=1S/C13H18N2O5/c1-13(2,3)14-10-5-8(7-20-4)9(12(16)17)6-11(10)15(18)19/h5-6,14H,7H2,1-4H3,(H,16,17). The van der Waals surface area contributed by atoms with E-state index in [2.05, 4.69) is 5.32 Å². The van der Waals surface area contributed by atoms with Crippen LogP contribution < -0.4 is 5.32 Å². The summed E-state index contributed by atoms with van der Waals surface area (Å²) in [6.45, 7) is 5.64. The highest BCUT2D eigenvalue weighted by Gasteiger charge is 2.24. The first kappa shape index (κ1) is 15.9. The van der Waals surface area contributed by atoms with E-state index >= 15 is 0 Å². The van der Waals surface area contributed by atoms with Gasteiger partial charge >= 0.3 is 5.97 Å². The summed E-state index contributed by atoms with van der Waals surface area (Å²) in [5.74, 6) is -1.22. The molecule has 0 atom stereocenters. The van der Waals surface area contributed by atoms with Crippen LogP contribution in [-0.4, -0.2) is 28.6 Å². The zero-order chi connectivity index (χ0) is 15.5. The zero-order valence-electron chi connectivity index (χ0n) is 11.9. The molecule has 7 nitrogen and oxygen atoms in total. The molecule has 0 aromatic heterocycles. The Labute approximate surface area is 116 Å². The van der Waals surface area contributed by atoms with Crippen LogP contribution >= 0.6 is 0 Å². The number of anilines is 1. The third-order valence-corrected chi connectivity index (χ3v) is 2.46. The molecule has 2 N–H and O–H groups in total. The van der Waals surface area contributed by atoms with Crippen molar-refractivity contribution in [1.29, 1.82) is 0 Å². The van der Waals surface area contributed by atoms with Crippen LogP contribution in [-0.2, 0) is 11.3 Å². The van der Waals surface area contributed by atoms with E-state index in [9.17, 15) is 14.9 Å². The molecule has 0 unspecified atom stereocenters. The van der Waals surface area contributed by atoms with Gasteiger partial charge in [-0.1, -0.05) is 0 Å². The second-order valence-electron chi connectivity index (χ2n) is 5.40. The minimum absolute atomic E-state index is 0.0679. The molecule has 110 valence electrons. The summed E-state index contributed by atoms with van der Waals surface area (Å²) in [4.78, 5) is 21.7. The molecule has 0 aliphatic carbocycles. The van der Waals surface area contributed by atoms with Crippen molar-refractivity contribution in [1.82, 2.24) is 0 Å². The van der Waals surface area contributed by atoms with Crippen molar-refractivity contribution in [3.63, 3.8) is 0 Å². The first-order valence-corrected chi connectivity index (χ1v) is 5.97. The lowest BCUT2D eigenvalue weighted by molar-refractivity contribution is -0.384. The van der Waals surface area contributed by atoms with Gasteiger partial charge in [-0.15, -0.1) is 0 Å². The smallest absolute Gasteiger partial charge is 0.336 e. The number of nitrogens with one attached hydrogen (secondary N) is 1. The third-order valence-electron chi connectivity index (χ3n) is 2.46. The van der Waals surface area contributed by atoms with Gasteiger partial charge in [0.25, 0.3) is 5.69 Å². The Kier molecular flexibility index (Phi) is 4.67. The second-order valence-corrected chi connectivity index (χ2v) is 5.40. The number of ether oxygens (including phenoxy) is 1. The molecule has 0 bridgehead atoms. The van der Waals surface area contributed by atoms with Gasteiger partial charge in [0.1, 0.15) is 5.69 Å². The summed E-state index contributed by atoms with van der Waals surface area (Å²) in [6, 6.07) is 2.51. The first-order valence-electron chi connectivity index (χ1n) is 5.97. The largest absolute Gasteiger partial charge is 0.478 e. The fourth-order valence-electron chi connectivity index (χ4n) is 1.76. The lowest BCUT2D eigenvalue weighted by Crippen LogP contribution is -2.26. The van der Waals surface area contributed by atoms with Gasteiger partial charge in [-0.05, 0) is 32.4 Å². The molecular weight excluding hydrogens is 264 g/mol. The highest BCUT2D eigenvalue weighted by atomic mass is 16.6. The highest BCUT2D eigenvalue weighted by Crippen LogP contribution is 2.31. The van der Waals surface area contributed by atoms with Gasteiger partial charge in [-0.2, -0.15) is 0 Å². The lowest BCUT2D eigenvalue weighted by Gasteiger charge is -2.22. The van der Waals surface area contributed by atoms with Gasteiger partial charge < -0.3 is 15.2 Å². The highest BCUT2D eigenvalue weighted by molar-refractivity contribution is 5.91. The van der Waals surface area contributed by atoms with Crippen LogP contribution in [0.15, 0.2) is 12.1 Å². The van der Waals surface area contributed by atoms with Crippen LogP contribution in [0.4, 0.5) is 11.4 Å². The summed E-state index contributed by atoms with van der Waals surface area (Å²) in [5, 5.41) is 23.2. The number of methoxy groups -OCH3 is 1. The van der Waals surface area contributed by atoms with Crippen molar-refractivity contribution >= 4 is 17.3 Å². The number of rotatable bonds is 5. The lowest BCUT2D eigenvalue weighted by atomic mass is 10.0. The molecule has 0 heterocycles. The number of carboxylic acid groups (broad SMARTS) is 1. The number of nitro groups is 1. The Morgan fingerprint density at radius 3 is 2.45 bits per heavy atom. The topological polar surface area (TPSA) is 102 Å². The van der Waals surface area contributed by atoms with Gasteiger partial charge in [0.2, 0.25) is 0 Å².